The molecule has 0 nitrogen and oxygen atoms in total. The van der Waals surface area contributed by atoms with Crippen LogP contribution in [0.3, 0.4) is 0 Å². The summed E-state index contributed by atoms with van der Waals surface area (Å²) >= 11 is 0. The molecular weight excluding hydrogens is 480 g/mol. The van der Waals surface area contributed by atoms with Crippen LogP contribution in [0, 0.1) is 93.7 Å². The third kappa shape index (κ3) is 6.57. The Kier molecular flexibility index (Phi) is 10.6. The van der Waals surface area contributed by atoms with Gasteiger partial charge in [-0.25, -0.2) is 0 Å². The normalized spacial score (nSPS) is 45.5. The molecule has 12 unspecified atom stereocenters. The van der Waals surface area contributed by atoms with Crippen LogP contribution in [0.2, 0.25) is 0 Å². The van der Waals surface area contributed by atoms with Crippen molar-refractivity contribution < 1.29 is 0 Å². The maximum atomic E-state index is 2.76. The first-order valence-electron chi connectivity index (χ1n) is 18.7. The monoisotopic (exact) mass is 555 g/mol. The Balaban J connectivity index is 1.60. The van der Waals surface area contributed by atoms with Crippen molar-refractivity contribution in [1.29, 1.82) is 0 Å². The second-order valence-electron chi connectivity index (χ2n) is 18.6. The Bertz CT molecular complexity index is 782. The lowest BCUT2D eigenvalue weighted by molar-refractivity contribution is -0.0925. The minimum absolute atomic E-state index is 0.446. The number of hydrogen-bond acceptors (Lipinski definition) is 0. The molecule has 4 fully saturated rings. The number of rotatable bonds is 5. The molecule has 40 heavy (non-hydrogen) atoms. The van der Waals surface area contributed by atoms with Crippen LogP contribution in [-0.4, -0.2) is 0 Å². The fourth-order valence-corrected chi connectivity index (χ4v) is 13.5. The molecular formula is C40H74. The highest BCUT2D eigenvalue weighted by Gasteiger charge is 2.53. The molecule has 4 rings (SSSR count). The van der Waals surface area contributed by atoms with Gasteiger partial charge < -0.3 is 0 Å². The summed E-state index contributed by atoms with van der Waals surface area (Å²) in [6.45, 7) is 31.8. The average molecular weight is 555 g/mol. The summed E-state index contributed by atoms with van der Waals surface area (Å²) in [6, 6.07) is 0. The minimum atomic E-state index is 0.446. The highest BCUT2D eigenvalue weighted by molar-refractivity contribution is 5.02. The Labute approximate surface area is 253 Å². The van der Waals surface area contributed by atoms with Crippen molar-refractivity contribution in [2.45, 2.75) is 160 Å². The van der Waals surface area contributed by atoms with Gasteiger partial charge >= 0.3 is 0 Å². The zero-order valence-corrected chi connectivity index (χ0v) is 29.6. The minimum Gasteiger partial charge on any atom is -0.0651 e. The van der Waals surface area contributed by atoms with E-state index in [9.17, 15) is 0 Å². The molecule has 0 N–H and O–H groups in total. The van der Waals surface area contributed by atoms with E-state index in [4.69, 9.17) is 0 Å². The molecule has 4 saturated carbocycles. The average Bonchev–Trinajstić information content (AvgIpc) is 2.85. The van der Waals surface area contributed by atoms with Crippen LogP contribution >= 0.6 is 0 Å². The lowest BCUT2D eigenvalue weighted by atomic mass is 9.47. The van der Waals surface area contributed by atoms with Crippen LogP contribution in [-0.2, 0) is 0 Å². The van der Waals surface area contributed by atoms with Gasteiger partial charge in [0, 0.05) is 0 Å². The summed E-state index contributed by atoms with van der Waals surface area (Å²) in [5.74, 6) is 12.5. The van der Waals surface area contributed by atoms with Gasteiger partial charge in [-0.1, -0.05) is 122 Å². The first kappa shape index (κ1) is 32.9. The van der Waals surface area contributed by atoms with E-state index in [2.05, 4.69) is 83.1 Å². The van der Waals surface area contributed by atoms with Gasteiger partial charge in [0.05, 0.1) is 0 Å². The summed E-state index contributed by atoms with van der Waals surface area (Å²) in [4.78, 5) is 0. The Morgan fingerprint density at radius 3 is 2.00 bits per heavy atom. The van der Waals surface area contributed by atoms with Crippen LogP contribution in [0.1, 0.15) is 160 Å². The Morgan fingerprint density at radius 1 is 0.750 bits per heavy atom. The first-order valence-corrected chi connectivity index (χ1v) is 18.7. The van der Waals surface area contributed by atoms with Gasteiger partial charge in [-0.3, -0.25) is 0 Å². The zero-order valence-electron chi connectivity index (χ0n) is 29.6. The van der Waals surface area contributed by atoms with Gasteiger partial charge in [0.25, 0.3) is 0 Å². The van der Waals surface area contributed by atoms with Crippen molar-refractivity contribution in [2.24, 2.45) is 93.7 Å². The van der Waals surface area contributed by atoms with Crippen molar-refractivity contribution in [3.05, 3.63) is 0 Å². The van der Waals surface area contributed by atoms with E-state index in [0.29, 0.717) is 10.8 Å². The Hall–Kier alpha value is 0. The van der Waals surface area contributed by atoms with Crippen molar-refractivity contribution in [1.82, 2.24) is 0 Å². The van der Waals surface area contributed by atoms with Crippen molar-refractivity contribution in [2.75, 3.05) is 0 Å². The van der Waals surface area contributed by atoms with Crippen LogP contribution < -0.4 is 0 Å². The summed E-state index contributed by atoms with van der Waals surface area (Å²) in [5.41, 5.74) is 0.958. The molecule has 0 aromatic carbocycles. The third-order valence-electron chi connectivity index (χ3n) is 15.1. The number of fused-ring (bicyclic) bond motifs is 2. The molecule has 0 heterocycles. The lowest BCUT2D eigenvalue weighted by Gasteiger charge is -2.58. The number of hydrogen-bond donors (Lipinski definition) is 0. The van der Waals surface area contributed by atoms with E-state index >= 15 is 0 Å². The maximum Gasteiger partial charge on any atom is -0.0321 e. The first-order chi connectivity index (χ1) is 18.7. The van der Waals surface area contributed by atoms with Gasteiger partial charge in [0.1, 0.15) is 0 Å². The molecule has 0 aliphatic heterocycles. The smallest absolute Gasteiger partial charge is 0.0321 e. The SMILES string of the molecule is CCC1C(C)C(C(C)C)C(C)C(C)CC2C(CC3CCC(C(C)(C)CC4CCCCC4)C(C)C3C2C)CC1(C)C. The summed E-state index contributed by atoms with van der Waals surface area (Å²) in [6.07, 6.45) is 17.9. The van der Waals surface area contributed by atoms with E-state index in [1.807, 2.05) is 0 Å². The molecule has 0 amide bonds. The van der Waals surface area contributed by atoms with Crippen molar-refractivity contribution >= 4 is 0 Å². The third-order valence-corrected chi connectivity index (χ3v) is 15.1. The molecule has 0 aromatic heterocycles. The topological polar surface area (TPSA) is 0 Å². The molecule has 12 atom stereocenters. The van der Waals surface area contributed by atoms with Crippen LogP contribution in [0.4, 0.5) is 0 Å². The van der Waals surface area contributed by atoms with E-state index in [0.717, 1.165) is 82.9 Å². The molecule has 0 saturated heterocycles. The van der Waals surface area contributed by atoms with Gasteiger partial charge in [0.15, 0.2) is 0 Å². The fraction of sp³-hybridized carbons (Fsp3) is 1.00. The maximum absolute atomic E-state index is 2.76. The van der Waals surface area contributed by atoms with Crippen LogP contribution in [0.25, 0.3) is 0 Å². The lowest BCUT2D eigenvalue weighted by Crippen LogP contribution is -2.51. The van der Waals surface area contributed by atoms with Gasteiger partial charge in [-0.15, -0.1) is 0 Å². The molecule has 234 valence electrons. The van der Waals surface area contributed by atoms with Gasteiger partial charge in [0.2, 0.25) is 0 Å². The second-order valence-corrected chi connectivity index (χ2v) is 18.6. The van der Waals surface area contributed by atoms with E-state index in [1.165, 1.54) is 70.6 Å². The predicted molar refractivity (Wildman–Crippen MR) is 177 cm³/mol. The molecule has 0 spiro atoms. The van der Waals surface area contributed by atoms with Crippen LogP contribution in [0.5, 0.6) is 0 Å². The summed E-state index contributed by atoms with van der Waals surface area (Å²) < 4.78 is 0. The summed E-state index contributed by atoms with van der Waals surface area (Å²) in [5, 5.41) is 0. The molecule has 4 aliphatic rings. The molecule has 4 aliphatic carbocycles. The fourth-order valence-electron chi connectivity index (χ4n) is 13.5. The van der Waals surface area contributed by atoms with Gasteiger partial charge in [-0.2, -0.15) is 0 Å². The molecule has 0 bridgehead atoms. The highest BCUT2D eigenvalue weighted by atomic mass is 14.6. The highest BCUT2D eigenvalue weighted by Crippen LogP contribution is 2.61. The van der Waals surface area contributed by atoms with Gasteiger partial charge in [-0.05, 0) is 132 Å². The van der Waals surface area contributed by atoms with Crippen molar-refractivity contribution in [3.63, 3.8) is 0 Å². The molecule has 0 aromatic rings. The van der Waals surface area contributed by atoms with E-state index < -0.39 is 0 Å². The van der Waals surface area contributed by atoms with Crippen LogP contribution in [0.15, 0.2) is 0 Å². The standard InChI is InChI=1S/C40H74/c1-13-35-29(7)37(25(2)3)27(5)26(4)21-34-28(6)38-30(8)36(39(9,10)23-31-17-15-14-16-18-31)20-19-32(38)22-33(34)24-40(35,11)12/h25-38H,13-24H2,1-12H3. The quantitative estimate of drug-likeness (QED) is 0.317. The second kappa shape index (κ2) is 12.9. The Morgan fingerprint density at radius 2 is 1.40 bits per heavy atom. The molecule has 0 heteroatoms. The summed E-state index contributed by atoms with van der Waals surface area (Å²) in [7, 11) is 0. The van der Waals surface area contributed by atoms with Crippen molar-refractivity contribution in [3.8, 4) is 0 Å². The predicted octanol–water partition coefficient (Wildman–Crippen LogP) is 12.6. The van der Waals surface area contributed by atoms with E-state index in [-0.39, 0.29) is 0 Å². The van der Waals surface area contributed by atoms with E-state index in [1.54, 1.807) is 6.42 Å². The molecule has 0 radical (unpaired) electrons. The zero-order chi connectivity index (χ0) is 29.6. The largest absolute Gasteiger partial charge is 0.0651 e.